The number of rotatable bonds is 8. The van der Waals surface area contributed by atoms with E-state index in [4.69, 9.17) is 5.73 Å². The van der Waals surface area contributed by atoms with Crippen molar-refractivity contribution in [1.29, 1.82) is 0 Å². The minimum Gasteiger partial charge on any atom is -0.330 e. The monoisotopic (exact) mass is 186 g/mol. The Bertz CT molecular complexity index is 111. The Kier molecular flexibility index (Phi) is 7.29. The topological polar surface area (TPSA) is 38.0 Å². The van der Waals surface area contributed by atoms with Crippen LogP contribution in [-0.2, 0) is 0 Å². The van der Waals surface area contributed by atoms with Crippen LogP contribution in [0.25, 0.3) is 0 Å². The van der Waals surface area contributed by atoms with Crippen molar-refractivity contribution in [2.24, 2.45) is 5.73 Å². The molecule has 0 aromatic rings. The maximum absolute atomic E-state index is 5.53. The number of unbranched alkanes of at least 4 members (excludes halogenated alkanes) is 3. The smallest absolute Gasteiger partial charge is 0.0137 e. The fraction of sp³-hybridized carbons (Fsp3) is 1.00. The number of nitrogens with one attached hydrogen (secondary N) is 1. The van der Waals surface area contributed by atoms with E-state index >= 15 is 0 Å². The molecule has 0 atom stereocenters. The van der Waals surface area contributed by atoms with Crippen LogP contribution in [0.3, 0.4) is 0 Å². The van der Waals surface area contributed by atoms with Gasteiger partial charge in [-0.25, -0.2) is 0 Å². The lowest BCUT2D eigenvalue weighted by atomic mass is 10.0. The third kappa shape index (κ3) is 8.26. The van der Waals surface area contributed by atoms with Crippen LogP contribution in [0.4, 0.5) is 0 Å². The van der Waals surface area contributed by atoms with E-state index in [-0.39, 0.29) is 5.54 Å². The highest BCUT2D eigenvalue weighted by molar-refractivity contribution is 4.77. The van der Waals surface area contributed by atoms with Gasteiger partial charge in [0.25, 0.3) is 0 Å². The van der Waals surface area contributed by atoms with Gasteiger partial charge >= 0.3 is 0 Å². The maximum atomic E-state index is 5.53. The van der Waals surface area contributed by atoms with Crippen LogP contribution in [0.5, 0.6) is 0 Å². The van der Waals surface area contributed by atoms with E-state index < -0.39 is 0 Å². The van der Waals surface area contributed by atoms with Gasteiger partial charge < -0.3 is 11.1 Å². The largest absolute Gasteiger partial charge is 0.330 e. The second-order valence-electron chi connectivity index (χ2n) is 4.41. The molecule has 0 aromatic heterocycles. The van der Waals surface area contributed by atoms with Gasteiger partial charge in [0.2, 0.25) is 0 Å². The summed E-state index contributed by atoms with van der Waals surface area (Å²) in [4.78, 5) is 0. The van der Waals surface area contributed by atoms with E-state index in [0.29, 0.717) is 0 Å². The Labute approximate surface area is 83.3 Å². The molecule has 0 spiro atoms. The molecule has 0 saturated carbocycles. The Balaban J connectivity index is 3.29. The zero-order chi connectivity index (χ0) is 10.2. The molecule has 0 aliphatic heterocycles. The summed E-state index contributed by atoms with van der Waals surface area (Å²) in [5.41, 5.74) is 5.75. The Hall–Kier alpha value is -0.0800. The zero-order valence-corrected chi connectivity index (χ0v) is 9.53. The second kappa shape index (κ2) is 7.34. The number of hydrogen-bond donors (Lipinski definition) is 2. The highest BCUT2D eigenvalue weighted by Crippen LogP contribution is 2.07. The molecule has 0 aromatic carbocycles. The van der Waals surface area contributed by atoms with Crippen molar-refractivity contribution < 1.29 is 0 Å². The molecule has 0 aliphatic rings. The maximum Gasteiger partial charge on any atom is 0.0137 e. The molecule has 0 rings (SSSR count). The normalized spacial score (nSPS) is 12.0. The zero-order valence-electron chi connectivity index (χ0n) is 9.53. The average molecular weight is 186 g/mol. The summed E-state index contributed by atoms with van der Waals surface area (Å²) in [5, 5.41) is 3.54. The highest BCUT2D eigenvalue weighted by atomic mass is 14.9. The molecule has 80 valence electrons. The Morgan fingerprint density at radius 3 is 2.38 bits per heavy atom. The van der Waals surface area contributed by atoms with Gasteiger partial charge in [-0.05, 0) is 39.8 Å². The quantitative estimate of drug-likeness (QED) is 0.571. The minimum absolute atomic E-state index is 0.223. The average Bonchev–Trinajstić information content (AvgIpc) is 2.04. The van der Waals surface area contributed by atoms with Crippen LogP contribution >= 0.6 is 0 Å². The van der Waals surface area contributed by atoms with E-state index in [1.165, 1.54) is 25.7 Å². The first-order valence-corrected chi connectivity index (χ1v) is 5.57. The van der Waals surface area contributed by atoms with Gasteiger partial charge in [-0.2, -0.15) is 0 Å². The van der Waals surface area contributed by atoms with Crippen molar-refractivity contribution in [2.45, 2.75) is 58.4 Å². The molecule has 0 bridgehead atoms. The lowest BCUT2D eigenvalue weighted by Gasteiger charge is -2.25. The van der Waals surface area contributed by atoms with Gasteiger partial charge in [-0.1, -0.05) is 26.2 Å². The molecular formula is C11H26N2. The SMILES string of the molecule is CCCCCCNC(C)(C)CCN. The fourth-order valence-corrected chi connectivity index (χ4v) is 1.43. The second-order valence-corrected chi connectivity index (χ2v) is 4.41. The molecule has 0 fully saturated rings. The van der Waals surface area contributed by atoms with Crippen LogP contribution in [0, 0.1) is 0 Å². The van der Waals surface area contributed by atoms with Crippen molar-refractivity contribution >= 4 is 0 Å². The molecule has 3 N–H and O–H groups in total. The molecule has 0 saturated heterocycles. The standard InChI is InChI=1S/C11H26N2/c1-4-5-6-7-10-13-11(2,3)8-9-12/h13H,4-10,12H2,1-3H3. The van der Waals surface area contributed by atoms with Crippen molar-refractivity contribution in [3.8, 4) is 0 Å². The summed E-state index contributed by atoms with van der Waals surface area (Å²) in [5.74, 6) is 0. The number of hydrogen-bond acceptors (Lipinski definition) is 2. The summed E-state index contributed by atoms with van der Waals surface area (Å²) in [7, 11) is 0. The van der Waals surface area contributed by atoms with E-state index in [1.54, 1.807) is 0 Å². The van der Waals surface area contributed by atoms with Gasteiger partial charge in [0.05, 0.1) is 0 Å². The van der Waals surface area contributed by atoms with Gasteiger partial charge in [-0.3, -0.25) is 0 Å². The predicted octanol–water partition coefficient (Wildman–Crippen LogP) is 2.28. The van der Waals surface area contributed by atoms with E-state index in [1.807, 2.05) is 0 Å². The van der Waals surface area contributed by atoms with Gasteiger partial charge in [0, 0.05) is 5.54 Å². The minimum atomic E-state index is 0.223. The fourth-order valence-electron chi connectivity index (χ4n) is 1.43. The third-order valence-electron chi connectivity index (χ3n) is 2.40. The first-order valence-electron chi connectivity index (χ1n) is 5.57. The predicted molar refractivity (Wildman–Crippen MR) is 59.9 cm³/mol. The van der Waals surface area contributed by atoms with Crippen molar-refractivity contribution in [3.05, 3.63) is 0 Å². The van der Waals surface area contributed by atoms with Crippen LogP contribution in [-0.4, -0.2) is 18.6 Å². The number of nitrogens with two attached hydrogens (primary N) is 1. The van der Waals surface area contributed by atoms with E-state index in [9.17, 15) is 0 Å². The van der Waals surface area contributed by atoms with Crippen LogP contribution in [0.15, 0.2) is 0 Å². The molecule has 0 radical (unpaired) electrons. The molecule has 0 amide bonds. The summed E-state index contributed by atoms with van der Waals surface area (Å²) in [6, 6.07) is 0. The Morgan fingerprint density at radius 1 is 1.15 bits per heavy atom. The molecule has 2 heteroatoms. The first kappa shape index (κ1) is 12.9. The summed E-state index contributed by atoms with van der Waals surface area (Å²) in [6.45, 7) is 8.59. The summed E-state index contributed by atoms with van der Waals surface area (Å²) >= 11 is 0. The van der Waals surface area contributed by atoms with Gasteiger partial charge in [0.1, 0.15) is 0 Å². The molecule has 0 aliphatic carbocycles. The Morgan fingerprint density at radius 2 is 1.85 bits per heavy atom. The van der Waals surface area contributed by atoms with Crippen LogP contribution in [0.1, 0.15) is 52.9 Å². The molecule has 2 nitrogen and oxygen atoms in total. The highest BCUT2D eigenvalue weighted by Gasteiger charge is 2.14. The van der Waals surface area contributed by atoms with Crippen molar-refractivity contribution in [3.63, 3.8) is 0 Å². The van der Waals surface area contributed by atoms with E-state index in [0.717, 1.165) is 19.5 Å². The molecular weight excluding hydrogens is 160 g/mol. The van der Waals surface area contributed by atoms with E-state index in [2.05, 4.69) is 26.1 Å². The first-order chi connectivity index (χ1) is 6.12. The lowest BCUT2D eigenvalue weighted by molar-refractivity contribution is 0.362. The van der Waals surface area contributed by atoms with Crippen LogP contribution < -0.4 is 11.1 Å². The van der Waals surface area contributed by atoms with Crippen LogP contribution in [0.2, 0.25) is 0 Å². The van der Waals surface area contributed by atoms with Crippen molar-refractivity contribution in [1.82, 2.24) is 5.32 Å². The summed E-state index contributed by atoms with van der Waals surface area (Å²) in [6.07, 6.45) is 6.37. The van der Waals surface area contributed by atoms with Gasteiger partial charge in [0.15, 0.2) is 0 Å². The van der Waals surface area contributed by atoms with Crippen molar-refractivity contribution in [2.75, 3.05) is 13.1 Å². The summed E-state index contributed by atoms with van der Waals surface area (Å²) < 4.78 is 0. The lowest BCUT2D eigenvalue weighted by Crippen LogP contribution is -2.41. The van der Waals surface area contributed by atoms with Gasteiger partial charge in [-0.15, -0.1) is 0 Å². The molecule has 13 heavy (non-hydrogen) atoms. The molecule has 0 unspecified atom stereocenters. The molecule has 0 heterocycles. The third-order valence-corrected chi connectivity index (χ3v) is 2.40.